The van der Waals surface area contributed by atoms with Crippen molar-refractivity contribution in [2.45, 2.75) is 20.3 Å². The zero-order valence-electron chi connectivity index (χ0n) is 9.68. The lowest BCUT2D eigenvalue weighted by Crippen LogP contribution is -2.16. The smallest absolute Gasteiger partial charge is 0.181 e. The van der Waals surface area contributed by atoms with Gasteiger partial charge < -0.3 is 9.52 Å². The Hall–Kier alpha value is -1.35. The van der Waals surface area contributed by atoms with Crippen molar-refractivity contribution in [3.63, 3.8) is 0 Å². The maximum atomic E-state index is 9.30. The molecule has 0 radical (unpaired) electrons. The van der Waals surface area contributed by atoms with Crippen molar-refractivity contribution in [1.82, 2.24) is 4.98 Å². The molecule has 1 N–H and O–H groups in total. The van der Waals surface area contributed by atoms with Gasteiger partial charge in [-0.25, -0.2) is 4.98 Å². The summed E-state index contributed by atoms with van der Waals surface area (Å²) >= 11 is 0. The second kappa shape index (κ2) is 4.66. The van der Waals surface area contributed by atoms with E-state index in [-0.39, 0.29) is 6.61 Å². The number of benzene rings is 1. The second-order valence-corrected chi connectivity index (χ2v) is 4.55. The molecule has 1 atom stereocenters. The molecular formula is C13H17NO2. The van der Waals surface area contributed by atoms with Gasteiger partial charge in [0.2, 0.25) is 0 Å². The monoisotopic (exact) mass is 219 g/mol. The number of nitrogens with zero attached hydrogens (tertiary/aromatic N) is 1. The average Bonchev–Trinajstić information content (AvgIpc) is 2.72. The third-order valence-electron chi connectivity index (χ3n) is 3.07. The summed E-state index contributed by atoms with van der Waals surface area (Å²) in [7, 11) is 0. The molecular weight excluding hydrogens is 202 g/mol. The highest BCUT2D eigenvalue weighted by Crippen LogP contribution is 2.20. The normalized spacial score (nSPS) is 13.5. The molecule has 2 rings (SSSR count). The molecule has 0 aliphatic carbocycles. The number of oxazole rings is 1. The standard InChI is InChI=1S/C13H17NO2/c1-9(2)11(7-15)5-10-3-4-12-13(6-10)16-8-14-12/h3-4,6,8-9,11,15H,5,7H2,1-2H3. The molecule has 0 amide bonds. The number of aliphatic hydroxyl groups is 1. The number of rotatable bonds is 4. The topological polar surface area (TPSA) is 46.3 Å². The molecule has 1 unspecified atom stereocenters. The minimum absolute atomic E-state index is 0.228. The lowest BCUT2D eigenvalue weighted by atomic mass is 9.90. The van der Waals surface area contributed by atoms with Crippen LogP contribution in [0.3, 0.4) is 0 Å². The molecule has 2 aromatic rings. The van der Waals surface area contributed by atoms with E-state index in [4.69, 9.17) is 4.42 Å². The van der Waals surface area contributed by atoms with Crippen LogP contribution in [0.4, 0.5) is 0 Å². The van der Waals surface area contributed by atoms with Gasteiger partial charge in [0.15, 0.2) is 12.0 Å². The quantitative estimate of drug-likeness (QED) is 0.859. The van der Waals surface area contributed by atoms with Crippen LogP contribution in [-0.2, 0) is 6.42 Å². The van der Waals surface area contributed by atoms with E-state index < -0.39 is 0 Å². The number of hydrogen-bond donors (Lipinski definition) is 1. The Kier molecular flexibility index (Phi) is 3.25. The predicted octanol–water partition coefficient (Wildman–Crippen LogP) is 2.63. The Morgan fingerprint density at radius 2 is 2.19 bits per heavy atom. The first kappa shape index (κ1) is 11.1. The maximum Gasteiger partial charge on any atom is 0.181 e. The lowest BCUT2D eigenvalue weighted by Gasteiger charge is -2.17. The molecule has 0 aliphatic rings. The third kappa shape index (κ3) is 2.25. The van der Waals surface area contributed by atoms with Gasteiger partial charge in [0.25, 0.3) is 0 Å². The Morgan fingerprint density at radius 3 is 2.88 bits per heavy atom. The molecule has 0 fully saturated rings. The second-order valence-electron chi connectivity index (χ2n) is 4.55. The van der Waals surface area contributed by atoms with Crippen LogP contribution in [0.25, 0.3) is 11.1 Å². The summed E-state index contributed by atoms with van der Waals surface area (Å²) < 4.78 is 5.26. The molecule has 0 spiro atoms. The Balaban J connectivity index is 2.19. The Bertz CT molecular complexity index is 462. The summed E-state index contributed by atoms with van der Waals surface area (Å²) in [5.41, 5.74) is 2.89. The largest absolute Gasteiger partial charge is 0.443 e. The number of fused-ring (bicyclic) bond motifs is 1. The predicted molar refractivity (Wildman–Crippen MR) is 63.1 cm³/mol. The highest BCUT2D eigenvalue weighted by atomic mass is 16.3. The first-order valence-corrected chi connectivity index (χ1v) is 5.63. The first-order valence-electron chi connectivity index (χ1n) is 5.63. The van der Waals surface area contributed by atoms with Gasteiger partial charge in [-0.15, -0.1) is 0 Å². The maximum absolute atomic E-state index is 9.30. The molecule has 0 bridgehead atoms. The molecule has 3 nitrogen and oxygen atoms in total. The Morgan fingerprint density at radius 1 is 1.38 bits per heavy atom. The summed E-state index contributed by atoms with van der Waals surface area (Å²) in [5, 5.41) is 9.30. The van der Waals surface area contributed by atoms with Gasteiger partial charge in [-0.3, -0.25) is 0 Å². The van der Waals surface area contributed by atoms with Gasteiger partial charge in [-0.1, -0.05) is 19.9 Å². The average molecular weight is 219 g/mol. The molecule has 86 valence electrons. The molecule has 16 heavy (non-hydrogen) atoms. The summed E-state index contributed by atoms with van der Waals surface area (Å²) in [5.74, 6) is 0.788. The van der Waals surface area contributed by atoms with Crippen LogP contribution in [0.1, 0.15) is 19.4 Å². The zero-order valence-corrected chi connectivity index (χ0v) is 9.68. The zero-order chi connectivity index (χ0) is 11.5. The molecule has 0 saturated heterocycles. The fourth-order valence-corrected chi connectivity index (χ4v) is 1.84. The Labute approximate surface area is 95.1 Å². The van der Waals surface area contributed by atoms with Crippen LogP contribution in [-0.4, -0.2) is 16.7 Å². The lowest BCUT2D eigenvalue weighted by molar-refractivity contribution is 0.189. The van der Waals surface area contributed by atoms with Crippen molar-refractivity contribution in [2.24, 2.45) is 11.8 Å². The summed E-state index contributed by atoms with van der Waals surface area (Å²) in [4.78, 5) is 4.08. The van der Waals surface area contributed by atoms with E-state index in [1.54, 1.807) is 0 Å². The third-order valence-corrected chi connectivity index (χ3v) is 3.07. The summed E-state index contributed by atoms with van der Waals surface area (Å²) in [6, 6.07) is 6.02. The van der Waals surface area contributed by atoms with Gasteiger partial charge >= 0.3 is 0 Å². The molecule has 0 saturated carbocycles. The van der Waals surface area contributed by atoms with Crippen LogP contribution >= 0.6 is 0 Å². The molecule has 1 aromatic carbocycles. The molecule has 1 heterocycles. The minimum Gasteiger partial charge on any atom is -0.443 e. The van der Waals surface area contributed by atoms with Gasteiger partial charge in [-0.05, 0) is 36.0 Å². The fourth-order valence-electron chi connectivity index (χ4n) is 1.84. The van der Waals surface area contributed by atoms with Crippen molar-refractivity contribution in [3.05, 3.63) is 30.2 Å². The van der Waals surface area contributed by atoms with Gasteiger partial charge in [0.1, 0.15) is 5.52 Å². The van der Waals surface area contributed by atoms with E-state index in [2.05, 4.69) is 24.9 Å². The minimum atomic E-state index is 0.228. The van der Waals surface area contributed by atoms with Gasteiger partial charge in [0, 0.05) is 6.61 Å². The number of hydrogen-bond acceptors (Lipinski definition) is 3. The van der Waals surface area contributed by atoms with Crippen LogP contribution in [0.5, 0.6) is 0 Å². The van der Waals surface area contributed by atoms with E-state index in [9.17, 15) is 5.11 Å². The SMILES string of the molecule is CC(C)C(CO)Cc1ccc2ncoc2c1. The van der Waals surface area contributed by atoms with E-state index in [0.29, 0.717) is 11.8 Å². The van der Waals surface area contributed by atoms with E-state index >= 15 is 0 Å². The van der Waals surface area contributed by atoms with Crippen LogP contribution in [0.2, 0.25) is 0 Å². The van der Waals surface area contributed by atoms with E-state index in [1.807, 2.05) is 12.1 Å². The number of aromatic nitrogens is 1. The van der Waals surface area contributed by atoms with Crippen LogP contribution in [0.15, 0.2) is 29.0 Å². The van der Waals surface area contributed by atoms with Crippen molar-refractivity contribution in [2.75, 3.05) is 6.61 Å². The highest BCUT2D eigenvalue weighted by molar-refractivity contribution is 5.72. The molecule has 3 heteroatoms. The van der Waals surface area contributed by atoms with Gasteiger partial charge in [0.05, 0.1) is 0 Å². The van der Waals surface area contributed by atoms with E-state index in [0.717, 1.165) is 17.5 Å². The van der Waals surface area contributed by atoms with Crippen LogP contribution < -0.4 is 0 Å². The molecule has 0 aliphatic heterocycles. The van der Waals surface area contributed by atoms with Crippen molar-refractivity contribution in [3.8, 4) is 0 Å². The van der Waals surface area contributed by atoms with Crippen molar-refractivity contribution >= 4 is 11.1 Å². The van der Waals surface area contributed by atoms with E-state index in [1.165, 1.54) is 12.0 Å². The summed E-state index contributed by atoms with van der Waals surface area (Å²) in [6.45, 7) is 4.49. The van der Waals surface area contributed by atoms with Crippen LogP contribution in [0, 0.1) is 11.8 Å². The fraction of sp³-hybridized carbons (Fsp3) is 0.462. The first-order chi connectivity index (χ1) is 7.70. The summed E-state index contributed by atoms with van der Waals surface area (Å²) in [6.07, 6.45) is 2.34. The molecule has 1 aromatic heterocycles. The van der Waals surface area contributed by atoms with Gasteiger partial charge in [-0.2, -0.15) is 0 Å². The van der Waals surface area contributed by atoms with Crippen molar-refractivity contribution in [1.29, 1.82) is 0 Å². The highest BCUT2D eigenvalue weighted by Gasteiger charge is 2.13. The number of aliphatic hydroxyl groups excluding tert-OH is 1. The van der Waals surface area contributed by atoms with Crippen molar-refractivity contribution < 1.29 is 9.52 Å².